The quantitative estimate of drug-likeness (QED) is 0.926. The molecular formula is C14H26ClN3S. The van der Waals surface area contributed by atoms with Gasteiger partial charge in [-0.3, -0.25) is 4.90 Å². The van der Waals surface area contributed by atoms with E-state index in [4.69, 9.17) is 0 Å². The summed E-state index contributed by atoms with van der Waals surface area (Å²) in [5.74, 6) is 0.806. The molecule has 1 aromatic heterocycles. The van der Waals surface area contributed by atoms with E-state index in [-0.39, 0.29) is 12.4 Å². The maximum Gasteiger partial charge on any atom is 0.0900 e. The van der Waals surface area contributed by atoms with Gasteiger partial charge in [0.15, 0.2) is 0 Å². The standard InChI is InChI=1S/C14H25N3S.ClH/c1-10-14(18-12(3)16-10)11(2)17(4)9-13-6-5-7-15-8-13;/h11,13,15H,5-9H2,1-4H3;1H. The summed E-state index contributed by atoms with van der Waals surface area (Å²) in [6.45, 7) is 10.1. The van der Waals surface area contributed by atoms with Gasteiger partial charge in [-0.1, -0.05) is 0 Å². The van der Waals surface area contributed by atoms with Crippen molar-refractivity contribution in [2.45, 2.75) is 39.7 Å². The highest BCUT2D eigenvalue weighted by molar-refractivity contribution is 7.11. The van der Waals surface area contributed by atoms with E-state index >= 15 is 0 Å². The van der Waals surface area contributed by atoms with E-state index in [2.05, 4.69) is 43.0 Å². The van der Waals surface area contributed by atoms with Gasteiger partial charge in [-0.15, -0.1) is 23.7 Å². The monoisotopic (exact) mass is 303 g/mol. The third-order valence-corrected chi connectivity index (χ3v) is 5.17. The minimum atomic E-state index is 0. The van der Waals surface area contributed by atoms with Crippen LogP contribution in [0.3, 0.4) is 0 Å². The molecule has 1 N–H and O–H groups in total. The molecule has 0 aromatic carbocycles. The second kappa shape index (κ2) is 7.58. The Bertz CT molecular complexity index is 388. The Kier molecular flexibility index (Phi) is 6.74. The van der Waals surface area contributed by atoms with Crippen LogP contribution in [-0.2, 0) is 0 Å². The summed E-state index contributed by atoms with van der Waals surface area (Å²) < 4.78 is 0. The molecule has 3 nitrogen and oxygen atoms in total. The number of aromatic nitrogens is 1. The normalized spacial score (nSPS) is 21.2. The second-order valence-corrected chi connectivity index (χ2v) is 6.75. The number of hydrogen-bond donors (Lipinski definition) is 1. The molecule has 1 aliphatic rings. The molecule has 2 unspecified atom stereocenters. The van der Waals surface area contributed by atoms with Crippen LogP contribution in [0.5, 0.6) is 0 Å². The Hall–Kier alpha value is -0.160. The first-order valence-corrected chi connectivity index (χ1v) is 7.74. The van der Waals surface area contributed by atoms with Crippen molar-refractivity contribution in [3.8, 4) is 0 Å². The number of rotatable bonds is 4. The Labute approximate surface area is 127 Å². The second-order valence-electron chi connectivity index (χ2n) is 5.51. The lowest BCUT2D eigenvalue weighted by molar-refractivity contribution is 0.200. The summed E-state index contributed by atoms with van der Waals surface area (Å²) >= 11 is 1.84. The highest BCUT2D eigenvalue weighted by Crippen LogP contribution is 2.29. The summed E-state index contributed by atoms with van der Waals surface area (Å²) in [5.41, 5.74) is 1.21. The molecule has 110 valence electrons. The lowest BCUT2D eigenvalue weighted by Gasteiger charge is -2.31. The third kappa shape index (κ3) is 4.42. The van der Waals surface area contributed by atoms with E-state index in [1.165, 1.54) is 48.1 Å². The molecule has 0 aliphatic carbocycles. The van der Waals surface area contributed by atoms with Crippen LogP contribution >= 0.6 is 23.7 Å². The van der Waals surface area contributed by atoms with Crippen molar-refractivity contribution in [1.82, 2.24) is 15.2 Å². The van der Waals surface area contributed by atoms with Crippen LogP contribution < -0.4 is 5.32 Å². The van der Waals surface area contributed by atoms with Gasteiger partial charge in [0.2, 0.25) is 0 Å². The van der Waals surface area contributed by atoms with Gasteiger partial charge in [-0.25, -0.2) is 4.98 Å². The molecule has 2 atom stereocenters. The summed E-state index contributed by atoms with van der Waals surface area (Å²) in [6, 6.07) is 0.484. The number of halogens is 1. The summed E-state index contributed by atoms with van der Waals surface area (Å²) in [6.07, 6.45) is 2.69. The minimum absolute atomic E-state index is 0. The van der Waals surface area contributed by atoms with Gasteiger partial charge < -0.3 is 5.32 Å². The molecule has 0 amide bonds. The van der Waals surface area contributed by atoms with Crippen molar-refractivity contribution in [3.63, 3.8) is 0 Å². The number of thiazole rings is 1. The average Bonchev–Trinajstić information content (AvgIpc) is 2.68. The first kappa shape index (κ1) is 16.9. The van der Waals surface area contributed by atoms with E-state index in [1.807, 2.05) is 11.3 Å². The maximum absolute atomic E-state index is 4.54. The van der Waals surface area contributed by atoms with Crippen LogP contribution in [0.2, 0.25) is 0 Å². The molecule has 0 saturated carbocycles. The smallest absolute Gasteiger partial charge is 0.0900 e. The first-order chi connectivity index (χ1) is 8.58. The molecule has 0 spiro atoms. The largest absolute Gasteiger partial charge is 0.316 e. The lowest BCUT2D eigenvalue weighted by atomic mass is 9.98. The van der Waals surface area contributed by atoms with Crippen molar-refractivity contribution >= 4 is 23.7 Å². The van der Waals surface area contributed by atoms with Gasteiger partial charge in [0.05, 0.1) is 10.7 Å². The van der Waals surface area contributed by atoms with Crippen molar-refractivity contribution in [3.05, 3.63) is 15.6 Å². The van der Waals surface area contributed by atoms with Gasteiger partial charge in [-0.2, -0.15) is 0 Å². The molecule has 2 heterocycles. The molecule has 1 aromatic rings. The fraction of sp³-hybridized carbons (Fsp3) is 0.786. The van der Waals surface area contributed by atoms with Gasteiger partial charge in [0, 0.05) is 17.5 Å². The molecule has 2 rings (SSSR count). The van der Waals surface area contributed by atoms with Crippen LogP contribution in [0.25, 0.3) is 0 Å². The van der Waals surface area contributed by atoms with Gasteiger partial charge in [0.25, 0.3) is 0 Å². The van der Waals surface area contributed by atoms with Crippen LogP contribution in [-0.4, -0.2) is 36.6 Å². The number of piperidine rings is 1. The van der Waals surface area contributed by atoms with Crippen LogP contribution in [0, 0.1) is 19.8 Å². The van der Waals surface area contributed by atoms with E-state index in [0.29, 0.717) is 6.04 Å². The molecule has 0 bridgehead atoms. The van der Waals surface area contributed by atoms with Crippen LogP contribution in [0.15, 0.2) is 0 Å². The van der Waals surface area contributed by atoms with Gasteiger partial charge >= 0.3 is 0 Å². The lowest BCUT2D eigenvalue weighted by Crippen LogP contribution is -2.37. The van der Waals surface area contributed by atoms with Gasteiger partial charge in [-0.05, 0) is 59.7 Å². The van der Waals surface area contributed by atoms with Crippen LogP contribution in [0.4, 0.5) is 0 Å². The Morgan fingerprint density at radius 3 is 2.74 bits per heavy atom. The SMILES string of the molecule is Cc1nc(C)c(C(C)N(C)CC2CCCNC2)s1.Cl. The highest BCUT2D eigenvalue weighted by Gasteiger charge is 2.21. The zero-order chi connectivity index (χ0) is 13.1. The summed E-state index contributed by atoms with van der Waals surface area (Å²) in [7, 11) is 2.24. The minimum Gasteiger partial charge on any atom is -0.316 e. The molecule has 1 fully saturated rings. The van der Waals surface area contributed by atoms with Crippen molar-refractivity contribution in [2.24, 2.45) is 5.92 Å². The highest BCUT2D eigenvalue weighted by atomic mass is 35.5. The number of hydrogen-bond acceptors (Lipinski definition) is 4. The van der Waals surface area contributed by atoms with Crippen LogP contribution in [0.1, 0.15) is 41.4 Å². The molecule has 0 radical (unpaired) electrons. The van der Waals surface area contributed by atoms with Crippen molar-refractivity contribution < 1.29 is 0 Å². The fourth-order valence-corrected chi connectivity index (χ4v) is 3.82. The van der Waals surface area contributed by atoms with E-state index < -0.39 is 0 Å². The molecule has 5 heteroatoms. The number of nitrogens with zero attached hydrogens (tertiary/aromatic N) is 2. The third-order valence-electron chi connectivity index (χ3n) is 3.93. The predicted molar refractivity (Wildman–Crippen MR) is 85.5 cm³/mol. The van der Waals surface area contributed by atoms with Crippen molar-refractivity contribution in [1.29, 1.82) is 0 Å². The predicted octanol–water partition coefficient (Wildman–Crippen LogP) is 3.17. The molecule has 19 heavy (non-hydrogen) atoms. The number of nitrogens with one attached hydrogen (secondary N) is 1. The number of aryl methyl sites for hydroxylation is 2. The Morgan fingerprint density at radius 1 is 1.47 bits per heavy atom. The Balaban J connectivity index is 0.00000180. The van der Waals surface area contributed by atoms with E-state index in [0.717, 1.165) is 5.92 Å². The molecule has 1 aliphatic heterocycles. The van der Waals surface area contributed by atoms with E-state index in [9.17, 15) is 0 Å². The Morgan fingerprint density at radius 2 is 2.21 bits per heavy atom. The summed E-state index contributed by atoms with van der Waals surface area (Å²) in [4.78, 5) is 8.45. The summed E-state index contributed by atoms with van der Waals surface area (Å²) in [5, 5.41) is 4.68. The first-order valence-electron chi connectivity index (χ1n) is 6.92. The topological polar surface area (TPSA) is 28.2 Å². The molecular weight excluding hydrogens is 278 g/mol. The average molecular weight is 304 g/mol. The fourth-order valence-electron chi connectivity index (χ4n) is 2.78. The zero-order valence-corrected chi connectivity index (χ0v) is 14.0. The van der Waals surface area contributed by atoms with Gasteiger partial charge in [0.1, 0.15) is 0 Å². The van der Waals surface area contributed by atoms with E-state index in [1.54, 1.807) is 0 Å². The molecule has 1 saturated heterocycles. The maximum atomic E-state index is 4.54. The zero-order valence-electron chi connectivity index (χ0n) is 12.4. The van der Waals surface area contributed by atoms with Crippen molar-refractivity contribution in [2.75, 3.05) is 26.7 Å².